The van der Waals surface area contributed by atoms with Gasteiger partial charge in [0.05, 0.1) is 16.8 Å². The quantitative estimate of drug-likeness (QED) is 0.604. The maximum absolute atomic E-state index is 12.6. The zero-order valence-electron chi connectivity index (χ0n) is 14.1. The number of fused-ring (bicyclic) bond motifs is 1. The summed E-state index contributed by atoms with van der Waals surface area (Å²) in [5.41, 5.74) is 2.06. The van der Waals surface area contributed by atoms with Crippen molar-refractivity contribution in [2.75, 3.05) is 20.3 Å². The minimum absolute atomic E-state index is 0.0415. The predicted molar refractivity (Wildman–Crippen MR) is 102 cm³/mol. The third-order valence-corrected chi connectivity index (χ3v) is 4.77. The molecule has 0 aliphatic rings. The molecule has 1 aromatic heterocycles. The van der Waals surface area contributed by atoms with E-state index in [0.29, 0.717) is 19.7 Å². The van der Waals surface area contributed by atoms with Crippen molar-refractivity contribution in [3.63, 3.8) is 0 Å². The number of hydrogen-bond acceptors (Lipinski definition) is 4. The molecule has 2 aromatic carbocycles. The van der Waals surface area contributed by atoms with Gasteiger partial charge in [0.2, 0.25) is 5.91 Å². The number of carbonyl (C=O) groups excluding carboxylic acids is 1. The lowest BCUT2D eigenvalue weighted by Gasteiger charge is -2.21. The van der Waals surface area contributed by atoms with E-state index in [1.165, 1.54) is 0 Å². The van der Waals surface area contributed by atoms with E-state index in [9.17, 15) is 4.79 Å². The molecule has 1 amide bonds. The first-order chi connectivity index (χ1) is 12.3. The SMILES string of the molecule is COCCN(Cc1ccccc1)C(=O)/C=C/c1nc2ccccc2s1. The van der Waals surface area contributed by atoms with Crippen LogP contribution in [0.3, 0.4) is 0 Å². The molecule has 0 fully saturated rings. The Morgan fingerprint density at radius 1 is 1.16 bits per heavy atom. The van der Waals surface area contributed by atoms with Crippen molar-refractivity contribution in [1.82, 2.24) is 9.88 Å². The van der Waals surface area contributed by atoms with Gasteiger partial charge < -0.3 is 9.64 Å². The minimum atomic E-state index is -0.0415. The summed E-state index contributed by atoms with van der Waals surface area (Å²) in [5, 5.41) is 0.834. The number of hydrogen-bond donors (Lipinski definition) is 0. The summed E-state index contributed by atoms with van der Waals surface area (Å²) in [6.07, 6.45) is 3.38. The molecule has 0 saturated carbocycles. The van der Waals surface area contributed by atoms with Crippen LogP contribution in [0, 0.1) is 0 Å². The van der Waals surface area contributed by atoms with Crippen molar-refractivity contribution in [2.45, 2.75) is 6.54 Å². The van der Waals surface area contributed by atoms with Crippen molar-refractivity contribution in [1.29, 1.82) is 0 Å². The summed E-state index contributed by atoms with van der Waals surface area (Å²) in [5.74, 6) is -0.0415. The first-order valence-corrected chi connectivity index (χ1v) is 8.93. The van der Waals surface area contributed by atoms with Gasteiger partial charge in [-0.25, -0.2) is 4.98 Å². The van der Waals surface area contributed by atoms with Crippen LogP contribution in [-0.4, -0.2) is 36.1 Å². The lowest BCUT2D eigenvalue weighted by molar-refractivity contribution is -0.127. The van der Waals surface area contributed by atoms with Gasteiger partial charge in [-0.2, -0.15) is 0 Å². The van der Waals surface area contributed by atoms with E-state index < -0.39 is 0 Å². The van der Waals surface area contributed by atoms with Crippen molar-refractivity contribution < 1.29 is 9.53 Å². The van der Waals surface area contributed by atoms with Gasteiger partial charge in [0.25, 0.3) is 0 Å². The van der Waals surface area contributed by atoms with Crippen LogP contribution in [0.25, 0.3) is 16.3 Å². The Kier molecular flexibility index (Phi) is 5.93. The number of para-hydroxylation sites is 1. The topological polar surface area (TPSA) is 42.4 Å². The lowest BCUT2D eigenvalue weighted by atomic mass is 10.2. The Bertz CT molecular complexity index is 825. The van der Waals surface area contributed by atoms with Crippen LogP contribution in [0.2, 0.25) is 0 Å². The Morgan fingerprint density at radius 3 is 2.68 bits per heavy atom. The highest BCUT2D eigenvalue weighted by molar-refractivity contribution is 7.19. The summed E-state index contributed by atoms with van der Waals surface area (Å²) in [6, 6.07) is 17.9. The van der Waals surface area contributed by atoms with Gasteiger partial charge in [-0.3, -0.25) is 4.79 Å². The minimum Gasteiger partial charge on any atom is -0.383 e. The molecule has 4 nitrogen and oxygen atoms in total. The number of rotatable bonds is 7. The van der Waals surface area contributed by atoms with Crippen LogP contribution >= 0.6 is 11.3 Å². The number of nitrogens with zero attached hydrogens (tertiary/aromatic N) is 2. The van der Waals surface area contributed by atoms with E-state index >= 15 is 0 Å². The van der Waals surface area contributed by atoms with Gasteiger partial charge in [0.15, 0.2) is 0 Å². The predicted octanol–water partition coefficient (Wildman–Crippen LogP) is 3.98. The van der Waals surface area contributed by atoms with Crippen LogP contribution in [-0.2, 0) is 16.1 Å². The molecule has 0 aliphatic carbocycles. The average Bonchev–Trinajstić information content (AvgIpc) is 3.07. The third kappa shape index (κ3) is 4.75. The number of thiazole rings is 1. The molecule has 0 bridgehead atoms. The Morgan fingerprint density at radius 2 is 1.92 bits per heavy atom. The van der Waals surface area contributed by atoms with Crippen LogP contribution in [0.1, 0.15) is 10.6 Å². The summed E-state index contributed by atoms with van der Waals surface area (Å²) in [7, 11) is 1.64. The van der Waals surface area contributed by atoms with E-state index in [1.54, 1.807) is 35.5 Å². The number of amides is 1. The number of methoxy groups -OCH3 is 1. The molecule has 3 aromatic rings. The summed E-state index contributed by atoms with van der Waals surface area (Å²) >= 11 is 1.58. The van der Waals surface area contributed by atoms with Crippen LogP contribution in [0.4, 0.5) is 0 Å². The maximum Gasteiger partial charge on any atom is 0.247 e. The first-order valence-electron chi connectivity index (χ1n) is 8.11. The highest BCUT2D eigenvalue weighted by Gasteiger charge is 2.11. The lowest BCUT2D eigenvalue weighted by Crippen LogP contribution is -2.32. The fraction of sp³-hybridized carbons (Fsp3) is 0.200. The van der Waals surface area contributed by atoms with E-state index in [0.717, 1.165) is 20.8 Å². The molecule has 3 rings (SSSR count). The molecule has 25 heavy (non-hydrogen) atoms. The van der Waals surface area contributed by atoms with E-state index in [-0.39, 0.29) is 5.91 Å². The summed E-state index contributed by atoms with van der Waals surface area (Å²) in [6.45, 7) is 1.62. The monoisotopic (exact) mass is 352 g/mol. The van der Waals surface area contributed by atoms with Gasteiger partial charge in [-0.15, -0.1) is 11.3 Å². The van der Waals surface area contributed by atoms with Gasteiger partial charge in [-0.1, -0.05) is 42.5 Å². The molecular weight excluding hydrogens is 332 g/mol. The third-order valence-electron chi connectivity index (χ3n) is 3.77. The largest absolute Gasteiger partial charge is 0.383 e. The van der Waals surface area contributed by atoms with Crippen molar-refractivity contribution in [2.24, 2.45) is 0 Å². The number of ether oxygens (including phenoxy) is 1. The fourth-order valence-corrected chi connectivity index (χ4v) is 3.35. The molecule has 0 radical (unpaired) electrons. The molecule has 0 saturated heterocycles. The normalized spacial score (nSPS) is 11.2. The highest BCUT2D eigenvalue weighted by Crippen LogP contribution is 2.22. The van der Waals surface area contributed by atoms with E-state index in [1.807, 2.05) is 54.6 Å². The van der Waals surface area contributed by atoms with E-state index in [2.05, 4.69) is 4.98 Å². The Labute approximate surface area is 151 Å². The molecule has 0 spiro atoms. The Hall–Kier alpha value is -2.50. The van der Waals surface area contributed by atoms with Crippen LogP contribution < -0.4 is 0 Å². The molecular formula is C20H20N2O2S. The van der Waals surface area contributed by atoms with Gasteiger partial charge in [0.1, 0.15) is 5.01 Å². The second kappa shape index (κ2) is 8.55. The van der Waals surface area contributed by atoms with Crippen molar-refractivity contribution in [3.05, 3.63) is 71.2 Å². The van der Waals surface area contributed by atoms with Gasteiger partial charge in [-0.05, 0) is 23.8 Å². The molecule has 0 aliphatic heterocycles. The second-order valence-corrected chi connectivity index (χ2v) is 6.65. The summed E-state index contributed by atoms with van der Waals surface area (Å²) in [4.78, 5) is 18.9. The second-order valence-electron chi connectivity index (χ2n) is 5.59. The smallest absolute Gasteiger partial charge is 0.247 e. The number of aromatic nitrogens is 1. The maximum atomic E-state index is 12.6. The zero-order chi connectivity index (χ0) is 17.5. The Balaban J connectivity index is 1.72. The highest BCUT2D eigenvalue weighted by atomic mass is 32.1. The summed E-state index contributed by atoms with van der Waals surface area (Å²) < 4.78 is 6.26. The first kappa shape index (κ1) is 17.3. The van der Waals surface area contributed by atoms with Crippen molar-refractivity contribution in [3.8, 4) is 0 Å². The molecule has 0 unspecified atom stereocenters. The zero-order valence-corrected chi connectivity index (χ0v) is 14.9. The molecule has 5 heteroatoms. The molecule has 128 valence electrons. The average molecular weight is 352 g/mol. The molecule has 0 N–H and O–H groups in total. The number of carbonyl (C=O) groups is 1. The number of benzene rings is 2. The molecule has 1 heterocycles. The van der Waals surface area contributed by atoms with Crippen LogP contribution in [0.5, 0.6) is 0 Å². The van der Waals surface area contributed by atoms with Crippen molar-refractivity contribution >= 4 is 33.5 Å². The standard InChI is InChI=1S/C20H20N2O2S/c1-24-14-13-22(15-16-7-3-2-4-8-16)20(23)12-11-19-21-17-9-5-6-10-18(17)25-19/h2-12H,13-15H2,1H3/b12-11+. The molecule has 0 atom stereocenters. The fourth-order valence-electron chi connectivity index (χ4n) is 2.48. The van der Waals surface area contributed by atoms with Gasteiger partial charge >= 0.3 is 0 Å². The van der Waals surface area contributed by atoms with Gasteiger partial charge in [0, 0.05) is 26.3 Å². The van der Waals surface area contributed by atoms with Crippen LogP contribution in [0.15, 0.2) is 60.7 Å². The van der Waals surface area contributed by atoms with E-state index in [4.69, 9.17) is 4.74 Å².